The van der Waals surface area contributed by atoms with Crippen molar-refractivity contribution < 1.29 is 10.2 Å². The summed E-state index contributed by atoms with van der Waals surface area (Å²) >= 11 is 0. The van der Waals surface area contributed by atoms with E-state index < -0.39 is 0 Å². The van der Waals surface area contributed by atoms with Crippen LogP contribution in [0.15, 0.2) is 48.0 Å². The van der Waals surface area contributed by atoms with Crippen LogP contribution in [0.2, 0.25) is 0 Å². The maximum atomic E-state index is 9.63. The number of hydrogen-bond donors (Lipinski definition) is 3. The quantitative estimate of drug-likeness (QED) is 0.727. The van der Waals surface area contributed by atoms with Crippen molar-refractivity contribution in [1.29, 1.82) is 0 Å². The maximum Gasteiger partial charge on any atom is 0.157 e. The fourth-order valence-corrected chi connectivity index (χ4v) is 2.52. The number of allylic oxidation sites excluding steroid dienone is 1. The van der Waals surface area contributed by atoms with Gasteiger partial charge in [-0.2, -0.15) is 0 Å². The highest BCUT2D eigenvalue weighted by molar-refractivity contribution is 5.63. The van der Waals surface area contributed by atoms with Crippen molar-refractivity contribution in [3.05, 3.63) is 59.2 Å². The third-order valence-corrected chi connectivity index (χ3v) is 4.24. The molecular weight excluding hydrogens is 274 g/mol. The van der Waals surface area contributed by atoms with Crippen molar-refractivity contribution in [1.82, 2.24) is 0 Å². The van der Waals surface area contributed by atoms with E-state index in [4.69, 9.17) is 0 Å². The predicted molar refractivity (Wildman–Crippen MR) is 92.4 cm³/mol. The van der Waals surface area contributed by atoms with Gasteiger partial charge in [-0.3, -0.25) is 0 Å². The lowest BCUT2D eigenvalue weighted by Gasteiger charge is -2.29. The largest absolute Gasteiger partial charge is 0.504 e. The van der Waals surface area contributed by atoms with Gasteiger partial charge in [-0.05, 0) is 36.2 Å². The van der Waals surface area contributed by atoms with Gasteiger partial charge in [0.05, 0.1) is 0 Å². The first-order valence-electron chi connectivity index (χ1n) is 7.34. The third kappa shape index (κ3) is 3.08. The van der Waals surface area contributed by atoms with Crippen molar-refractivity contribution in [2.24, 2.45) is 0 Å². The van der Waals surface area contributed by atoms with E-state index in [9.17, 15) is 10.2 Å². The number of aromatic hydroxyl groups is 2. The summed E-state index contributed by atoms with van der Waals surface area (Å²) in [4.78, 5) is 0. The molecule has 0 aromatic heterocycles. The number of para-hydroxylation sites is 1. The number of benzene rings is 2. The van der Waals surface area contributed by atoms with E-state index in [-0.39, 0.29) is 16.9 Å². The summed E-state index contributed by atoms with van der Waals surface area (Å²) in [6, 6.07) is 13.1. The second-order valence-corrected chi connectivity index (χ2v) is 6.00. The second-order valence-electron chi connectivity index (χ2n) is 6.00. The lowest BCUT2D eigenvalue weighted by Crippen LogP contribution is -2.20. The fraction of sp³-hybridized carbons (Fsp3) is 0.263. The highest BCUT2D eigenvalue weighted by Crippen LogP contribution is 2.37. The lowest BCUT2D eigenvalue weighted by atomic mass is 9.77. The van der Waals surface area contributed by atoms with E-state index in [1.165, 1.54) is 17.2 Å². The molecule has 0 aliphatic carbocycles. The van der Waals surface area contributed by atoms with E-state index in [0.717, 1.165) is 11.3 Å². The van der Waals surface area contributed by atoms with Crippen molar-refractivity contribution in [2.75, 3.05) is 12.4 Å². The van der Waals surface area contributed by atoms with Crippen LogP contribution in [0.1, 0.15) is 31.9 Å². The summed E-state index contributed by atoms with van der Waals surface area (Å²) in [6.45, 7) is 6.43. The number of rotatable bonds is 4. The van der Waals surface area contributed by atoms with E-state index in [1.807, 2.05) is 25.3 Å². The van der Waals surface area contributed by atoms with Crippen molar-refractivity contribution in [3.8, 4) is 11.5 Å². The Morgan fingerprint density at radius 1 is 1.05 bits per heavy atom. The fourth-order valence-electron chi connectivity index (χ4n) is 2.52. The van der Waals surface area contributed by atoms with Crippen LogP contribution in [0.3, 0.4) is 0 Å². The van der Waals surface area contributed by atoms with E-state index >= 15 is 0 Å². The van der Waals surface area contributed by atoms with Gasteiger partial charge in [-0.15, -0.1) is 0 Å². The predicted octanol–water partition coefficient (Wildman–Crippen LogP) is 4.52. The lowest BCUT2D eigenvalue weighted by molar-refractivity contribution is 0.403. The van der Waals surface area contributed by atoms with Gasteiger partial charge >= 0.3 is 0 Å². The Kier molecular flexibility index (Phi) is 4.45. The number of anilines is 1. The summed E-state index contributed by atoms with van der Waals surface area (Å²) < 4.78 is 0. The molecule has 22 heavy (non-hydrogen) atoms. The smallest absolute Gasteiger partial charge is 0.157 e. The number of nitrogens with one attached hydrogen (secondary N) is 1. The normalized spacial score (nSPS) is 12.3. The van der Waals surface area contributed by atoms with E-state index in [0.29, 0.717) is 0 Å². The van der Waals surface area contributed by atoms with Crippen LogP contribution in [0.25, 0.3) is 6.08 Å². The number of phenolic OH excluding ortho intramolecular Hbond substituents is 2. The molecule has 3 nitrogen and oxygen atoms in total. The van der Waals surface area contributed by atoms with E-state index in [1.54, 1.807) is 12.1 Å². The molecule has 2 aromatic rings. The minimum atomic E-state index is -0.160. The number of phenols is 2. The van der Waals surface area contributed by atoms with Gasteiger partial charge in [-0.25, -0.2) is 0 Å². The van der Waals surface area contributed by atoms with Crippen LogP contribution in [0, 0.1) is 0 Å². The minimum absolute atomic E-state index is 0.102. The molecule has 2 rings (SSSR count). The van der Waals surface area contributed by atoms with Gasteiger partial charge in [0, 0.05) is 18.2 Å². The Morgan fingerprint density at radius 2 is 1.73 bits per heavy atom. The van der Waals surface area contributed by atoms with Crippen LogP contribution < -0.4 is 5.32 Å². The van der Waals surface area contributed by atoms with Gasteiger partial charge in [0.1, 0.15) is 0 Å². The van der Waals surface area contributed by atoms with Crippen molar-refractivity contribution in [3.63, 3.8) is 0 Å². The zero-order valence-corrected chi connectivity index (χ0v) is 13.5. The Balaban J connectivity index is 2.43. The molecule has 0 radical (unpaired) electrons. The summed E-state index contributed by atoms with van der Waals surface area (Å²) in [6.07, 6.45) is 2.03. The van der Waals surface area contributed by atoms with Gasteiger partial charge in [-0.1, -0.05) is 49.8 Å². The van der Waals surface area contributed by atoms with Crippen LogP contribution in [-0.2, 0) is 5.41 Å². The summed E-state index contributed by atoms with van der Waals surface area (Å²) in [5.41, 5.74) is 4.19. The Hall–Kier alpha value is -2.42. The van der Waals surface area contributed by atoms with Crippen LogP contribution in [-0.4, -0.2) is 17.3 Å². The summed E-state index contributed by atoms with van der Waals surface area (Å²) in [5, 5.41) is 22.3. The summed E-state index contributed by atoms with van der Waals surface area (Å²) in [7, 11) is 1.92. The second kappa shape index (κ2) is 6.14. The van der Waals surface area contributed by atoms with Crippen LogP contribution >= 0.6 is 0 Å². The zero-order chi connectivity index (χ0) is 16.3. The Labute approximate surface area is 131 Å². The van der Waals surface area contributed by atoms with Gasteiger partial charge in [0.25, 0.3) is 0 Å². The first kappa shape index (κ1) is 16.0. The molecule has 0 unspecified atom stereocenters. The van der Waals surface area contributed by atoms with Gasteiger partial charge in [0.15, 0.2) is 11.5 Å². The Bertz CT molecular complexity index is 702. The molecule has 3 heteroatoms. The SMILES string of the molecule is CNc1ccccc1C(C)(C)C(C)=Cc1ccc(O)c(O)c1. The average molecular weight is 297 g/mol. The molecule has 2 aromatic carbocycles. The third-order valence-electron chi connectivity index (χ3n) is 4.24. The van der Waals surface area contributed by atoms with Crippen LogP contribution in [0.5, 0.6) is 11.5 Å². The molecule has 0 spiro atoms. The number of hydrogen-bond acceptors (Lipinski definition) is 3. The zero-order valence-electron chi connectivity index (χ0n) is 13.5. The Morgan fingerprint density at radius 3 is 2.36 bits per heavy atom. The molecule has 116 valence electrons. The average Bonchev–Trinajstić information content (AvgIpc) is 2.50. The molecule has 0 bridgehead atoms. The highest BCUT2D eigenvalue weighted by atomic mass is 16.3. The molecule has 0 aliphatic heterocycles. The van der Waals surface area contributed by atoms with Gasteiger partial charge < -0.3 is 15.5 Å². The molecular formula is C19H23NO2. The standard InChI is InChI=1S/C19H23NO2/c1-13(11-14-9-10-17(21)18(22)12-14)19(2,3)15-7-5-6-8-16(15)20-4/h5-12,20-22H,1-4H3. The molecule has 3 N–H and O–H groups in total. The van der Waals surface area contributed by atoms with Crippen LogP contribution in [0.4, 0.5) is 5.69 Å². The van der Waals surface area contributed by atoms with Crippen molar-refractivity contribution >= 4 is 11.8 Å². The highest BCUT2D eigenvalue weighted by Gasteiger charge is 2.25. The molecule has 0 atom stereocenters. The molecule has 0 saturated carbocycles. The monoisotopic (exact) mass is 297 g/mol. The molecule has 0 saturated heterocycles. The topological polar surface area (TPSA) is 52.5 Å². The minimum Gasteiger partial charge on any atom is -0.504 e. The summed E-state index contributed by atoms with van der Waals surface area (Å²) in [5.74, 6) is -0.204. The maximum absolute atomic E-state index is 9.63. The van der Waals surface area contributed by atoms with Crippen molar-refractivity contribution in [2.45, 2.75) is 26.2 Å². The molecule has 0 amide bonds. The molecule has 0 fully saturated rings. The van der Waals surface area contributed by atoms with Gasteiger partial charge in [0.2, 0.25) is 0 Å². The van der Waals surface area contributed by atoms with E-state index in [2.05, 4.69) is 38.2 Å². The first-order chi connectivity index (χ1) is 10.4. The first-order valence-corrected chi connectivity index (χ1v) is 7.34. The molecule has 0 heterocycles. The molecule has 0 aliphatic rings.